The number of aryl methyl sites for hydroxylation is 1. The molecule has 2 N–H and O–H groups in total. The van der Waals surface area contributed by atoms with Crippen LogP contribution in [0.1, 0.15) is 17.2 Å². The summed E-state index contributed by atoms with van der Waals surface area (Å²) in [6, 6.07) is 7.00. The highest BCUT2D eigenvalue weighted by molar-refractivity contribution is 7.93. The van der Waals surface area contributed by atoms with E-state index in [-0.39, 0.29) is 11.6 Å². The van der Waals surface area contributed by atoms with E-state index in [1.165, 1.54) is 23.5 Å². The first-order valence-electron chi connectivity index (χ1n) is 5.68. The summed E-state index contributed by atoms with van der Waals surface area (Å²) in [4.78, 5) is 0. The third-order valence-corrected chi connectivity index (χ3v) is 6.07. The smallest absolute Gasteiger partial charge is 0.189 e. The first kappa shape index (κ1) is 14.2. The van der Waals surface area contributed by atoms with Gasteiger partial charge in [-0.3, -0.25) is 0 Å². The monoisotopic (exact) mass is 299 g/mol. The lowest BCUT2D eigenvalue weighted by Crippen LogP contribution is -2.21. The molecule has 2 rings (SSSR count). The molecule has 102 valence electrons. The van der Waals surface area contributed by atoms with Crippen LogP contribution >= 0.6 is 11.3 Å². The lowest BCUT2D eigenvalue weighted by molar-refractivity contribution is 0.590. The van der Waals surface area contributed by atoms with Crippen molar-refractivity contribution >= 4 is 21.2 Å². The lowest BCUT2D eigenvalue weighted by atomic mass is 10.1. The third-order valence-electron chi connectivity index (χ3n) is 2.81. The molecule has 0 spiro atoms. The highest BCUT2D eigenvalue weighted by Gasteiger charge is 2.21. The average Bonchev–Trinajstić information content (AvgIpc) is 2.86. The quantitative estimate of drug-likeness (QED) is 0.944. The predicted molar refractivity (Wildman–Crippen MR) is 74.4 cm³/mol. The van der Waals surface area contributed by atoms with Gasteiger partial charge in [0, 0.05) is 6.04 Å². The second-order valence-electron chi connectivity index (χ2n) is 4.33. The molecule has 0 amide bonds. The van der Waals surface area contributed by atoms with Crippen molar-refractivity contribution in [3.8, 4) is 0 Å². The number of sulfone groups is 1. The van der Waals surface area contributed by atoms with Crippen LogP contribution in [0.2, 0.25) is 0 Å². The van der Waals surface area contributed by atoms with Crippen molar-refractivity contribution in [2.75, 3.05) is 5.75 Å². The van der Waals surface area contributed by atoms with Gasteiger partial charge in [-0.2, -0.15) is 0 Å². The predicted octanol–water partition coefficient (Wildman–Crippen LogP) is 2.67. The number of halogens is 1. The Bertz CT molecular complexity index is 666. The Morgan fingerprint density at radius 1 is 1.37 bits per heavy atom. The van der Waals surface area contributed by atoms with E-state index < -0.39 is 15.9 Å². The molecule has 3 nitrogen and oxygen atoms in total. The summed E-state index contributed by atoms with van der Waals surface area (Å²) in [6.07, 6.45) is 0. The van der Waals surface area contributed by atoms with Crippen molar-refractivity contribution in [3.63, 3.8) is 0 Å². The zero-order valence-corrected chi connectivity index (χ0v) is 12.0. The van der Waals surface area contributed by atoms with Crippen LogP contribution < -0.4 is 5.73 Å². The van der Waals surface area contributed by atoms with Gasteiger partial charge in [-0.25, -0.2) is 12.8 Å². The molecule has 1 aromatic carbocycles. The van der Waals surface area contributed by atoms with Gasteiger partial charge in [0.15, 0.2) is 9.84 Å². The van der Waals surface area contributed by atoms with E-state index in [9.17, 15) is 12.8 Å². The number of rotatable bonds is 4. The molecule has 0 bridgehead atoms. The zero-order valence-electron chi connectivity index (χ0n) is 10.3. The SMILES string of the molecule is Cc1cc(C(N)CS(=O)(=O)c2cccs2)ccc1F. The standard InChI is InChI=1S/C13H14FNO2S2/c1-9-7-10(4-5-11(9)14)12(15)8-19(16,17)13-3-2-6-18-13/h2-7,12H,8,15H2,1H3. The van der Waals surface area contributed by atoms with Gasteiger partial charge in [0.25, 0.3) is 0 Å². The van der Waals surface area contributed by atoms with E-state index in [4.69, 9.17) is 5.73 Å². The van der Waals surface area contributed by atoms with Crippen LogP contribution in [0.15, 0.2) is 39.9 Å². The number of nitrogens with two attached hydrogens (primary N) is 1. The molecule has 1 atom stereocenters. The van der Waals surface area contributed by atoms with Crippen molar-refractivity contribution in [2.24, 2.45) is 5.73 Å². The Balaban J connectivity index is 2.21. The fraction of sp³-hybridized carbons (Fsp3) is 0.231. The number of thiophene rings is 1. The van der Waals surface area contributed by atoms with Gasteiger partial charge < -0.3 is 5.73 Å². The molecule has 2 aromatic rings. The third kappa shape index (κ3) is 3.20. The topological polar surface area (TPSA) is 60.2 Å². The van der Waals surface area contributed by atoms with Gasteiger partial charge in [0.2, 0.25) is 0 Å². The number of benzene rings is 1. The minimum absolute atomic E-state index is 0.182. The summed E-state index contributed by atoms with van der Waals surface area (Å²) in [7, 11) is -3.39. The molecular formula is C13H14FNO2S2. The summed E-state index contributed by atoms with van der Waals surface area (Å²) in [5.41, 5.74) is 6.99. The normalized spacial score (nSPS) is 13.4. The summed E-state index contributed by atoms with van der Waals surface area (Å²) < 4.78 is 37.6. The maximum absolute atomic E-state index is 13.2. The van der Waals surface area contributed by atoms with E-state index in [0.717, 1.165) is 0 Å². The molecule has 0 aliphatic rings. The molecule has 1 aromatic heterocycles. The van der Waals surface area contributed by atoms with Crippen molar-refractivity contribution in [3.05, 3.63) is 52.7 Å². The van der Waals surface area contributed by atoms with Gasteiger partial charge in [-0.05, 0) is 35.6 Å². The van der Waals surface area contributed by atoms with Gasteiger partial charge >= 0.3 is 0 Å². The van der Waals surface area contributed by atoms with E-state index in [2.05, 4.69) is 0 Å². The van der Waals surface area contributed by atoms with Crippen LogP contribution in [0.3, 0.4) is 0 Å². The second kappa shape index (κ2) is 5.40. The van der Waals surface area contributed by atoms with Crippen molar-refractivity contribution < 1.29 is 12.8 Å². The first-order chi connectivity index (χ1) is 8.90. The molecule has 0 saturated carbocycles. The highest BCUT2D eigenvalue weighted by atomic mass is 32.2. The highest BCUT2D eigenvalue weighted by Crippen LogP contribution is 2.22. The number of hydrogen-bond donors (Lipinski definition) is 1. The average molecular weight is 299 g/mol. The Hall–Kier alpha value is -1.24. The molecule has 1 heterocycles. The van der Waals surface area contributed by atoms with E-state index >= 15 is 0 Å². The molecule has 0 fully saturated rings. The molecule has 0 aliphatic carbocycles. The van der Waals surface area contributed by atoms with Crippen LogP contribution in [0.4, 0.5) is 4.39 Å². The van der Waals surface area contributed by atoms with Crippen molar-refractivity contribution in [1.82, 2.24) is 0 Å². The second-order valence-corrected chi connectivity index (χ2v) is 7.54. The summed E-state index contributed by atoms with van der Waals surface area (Å²) >= 11 is 1.17. The van der Waals surface area contributed by atoms with Crippen molar-refractivity contribution in [2.45, 2.75) is 17.2 Å². The first-order valence-corrected chi connectivity index (χ1v) is 8.21. The zero-order chi connectivity index (χ0) is 14.0. The van der Waals surface area contributed by atoms with E-state index in [1.54, 1.807) is 30.5 Å². The van der Waals surface area contributed by atoms with E-state index in [0.29, 0.717) is 15.3 Å². The molecule has 6 heteroatoms. The van der Waals surface area contributed by atoms with Crippen LogP contribution in [-0.4, -0.2) is 14.2 Å². The minimum Gasteiger partial charge on any atom is -0.323 e. The minimum atomic E-state index is -3.39. The molecule has 19 heavy (non-hydrogen) atoms. The van der Waals surface area contributed by atoms with Crippen LogP contribution in [0.5, 0.6) is 0 Å². The molecule has 0 aliphatic heterocycles. The Kier molecular flexibility index (Phi) is 4.03. The molecule has 0 radical (unpaired) electrons. The summed E-state index contributed by atoms with van der Waals surface area (Å²) in [5.74, 6) is -0.504. The van der Waals surface area contributed by atoms with Gasteiger partial charge in [0.1, 0.15) is 10.0 Å². The number of hydrogen-bond acceptors (Lipinski definition) is 4. The summed E-state index contributed by atoms with van der Waals surface area (Å²) in [6.45, 7) is 1.62. The van der Waals surface area contributed by atoms with E-state index in [1.807, 2.05) is 0 Å². The Morgan fingerprint density at radius 2 is 2.11 bits per heavy atom. The van der Waals surface area contributed by atoms with Gasteiger partial charge in [0.05, 0.1) is 5.75 Å². The molecule has 0 saturated heterocycles. The maximum Gasteiger partial charge on any atom is 0.189 e. The van der Waals surface area contributed by atoms with Crippen LogP contribution in [-0.2, 0) is 9.84 Å². The van der Waals surface area contributed by atoms with Crippen LogP contribution in [0, 0.1) is 12.7 Å². The van der Waals surface area contributed by atoms with Gasteiger partial charge in [-0.1, -0.05) is 18.2 Å². The van der Waals surface area contributed by atoms with Crippen LogP contribution in [0.25, 0.3) is 0 Å². The van der Waals surface area contributed by atoms with Crippen molar-refractivity contribution in [1.29, 1.82) is 0 Å². The van der Waals surface area contributed by atoms with Gasteiger partial charge in [-0.15, -0.1) is 11.3 Å². The molecular weight excluding hydrogens is 285 g/mol. The Labute approximate surface area is 115 Å². The maximum atomic E-state index is 13.2. The summed E-state index contributed by atoms with van der Waals surface area (Å²) in [5, 5.41) is 1.71. The largest absolute Gasteiger partial charge is 0.323 e. The lowest BCUT2D eigenvalue weighted by Gasteiger charge is -2.12. The Morgan fingerprint density at radius 3 is 2.68 bits per heavy atom. The molecule has 1 unspecified atom stereocenters. The fourth-order valence-corrected chi connectivity index (χ4v) is 4.27. The fourth-order valence-electron chi connectivity index (χ4n) is 1.75.